The number of fused-ring (bicyclic) bond motifs is 1. The van der Waals surface area contributed by atoms with Gasteiger partial charge in [-0.05, 0) is 18.2 Å². The molecule has 0 atom stereocenters. The fourth-order valence-corrected chi connectivity index (χ4v) is 3.45. The standard InChI is InChI=1S/C12H12BrFN2S/c13-9-1-2-11-10(3-9)15-12(17-11)7-16-5-8(4-14)6-16/h1-3,8H,4-7H2. The monoisotopic (exact) mass is 314 g/mol. The van der Waals surface area contributed by atoms with Gasteiger partial charge in [0.1, 0.15) is 5.01 Å². The first kappa shape index (κ1) is 11.6. The number of hydrogen-bond acceptors (Lipinski definition) is 3. The molecule has 0 spiro atoms. The summed E-state index contributed by atoms with van der Waals surface area (Å²) in [6.07, 6.45) is 0. The third kappa shape index (κ3) is 2.37. The highest BCUT2D eigenvalue weighted by molar-refractivity contribution is 9.10. The summed E-state index contributed by atoms with van der Waals surface area (Å²) in [5.74, 6) is 0.249. The molecule has 0 unspecified atom stereocenters. The molecule has 2 nitrogen and oxygen atoms in total. The Kier molecular flexibility index (Phi) is 3.15. The van der Waals surface area contributed by atoms with Crippen LogP contribution < -0.4 is 0 Å². The number of rotatable bonds is 3. The van der Waals surface area contributed by atoms with Crippen LogP contribution >= 0.6 is 27.3 Å². The van der Waals surface area contributed by atoms with E-state index in [4.69, 9.17) is 0 Å². The molecule has 1 saturated heterocycles. The van der Waals surface area contributed by atoms with Gasteiger partial charge in [0.15, 0.2) is 0 Å². The quantitative estimate of drug-likeness (QED) is 0.862. The minimum atomic E-state index is -0.191. The molecule has 1 fully saturated rings. The normalized spacial score (nSPS) is 17.5. The van der Waals surface area contributed by atoms with Gasteiger partial charge in [0.05, 0.1) is 23.4 Å². The summed E-state index contributed by atoms with van der Waals surface area (Å²) < 4.78 is 14.6. The van der Waals surface area contributed by atoms with E-state index >= 15 is 0 Å². The molecule has 2 aromatic rings. The van der Waals surface area contributed by atoms with E-state index in [9.17, 15) is 4.39 Å². The number of benzene rings is 1. The van der Waals surface area contributed by atoms with Crippen LogP contribution in [0.3, 0.4) is 0 Å². The van der Waals surface area contributed by atoms with Crippen molar-refractivity contribution in [2.75, 3.05) is 19.8 Å². The molecular weight excluding hydrogens is 303 g/mol. The van der Waals surface area contributed by atoms with Crippen molar-refractivity contribution in [3.8, 4) is 0 Å². The summed E-state index contributed by atoms with van der Waals surface area (Å²) in [4.78, 5) is 6.85. The summed E-state index contributed by atoms with van der Waals surface area (Å²) >= 11 is 5.17. The van der Waals surface area contributed by atoms with Crippen LogP contribution in [0.2, 0.25) is 0 Å². The molecule has 0 radical (unpaired) electrons. The van der Waals surface area contributed by atoms with Gasteiger partial charge in [-0.2, -0.15) is 0 Å². The first-order valence-electron chi connectivity index (χ1n) is 5.58. The fraction of sp³-hybridized carbons (Fsp3) is 0.417. The SMILES string of the molecule is FCC1CN(Cc2nc3cc(Br)ccc3s2)C1. The van der Waals surface area contributed by atoms with Crippen molar-refractivity contribution < 1.29 is 4.39 Å². The first-order chi connectivity index (χ1) is 8.24. The van der Waals surface area contributed by atoms with Crippen molar-refractivity contribution in [1.29, 1.82) is 0 Å². The summed E-state index contributed by atoms with van der Waals surface area (Å²) in [5.41, 5.74) is 1.04. The Bertz CT molecular complexity index is 536. The third-order valence-electron chi connectivity index (χ3n) is 3.00. The Labute approximate surface area is 112 Å². The maximum Gasteiger partial charge on any atom is 0.108 e. The van der Waals surface area contributed by atoms with Gasteiger partial charge >= 0.3 is 0 Å². The van der Waals surface area contributed by atoms with Crippen LogP contribution in [0.5, 0.6) is 0 Å². The highest BCUT2D eigenvalue weighted by atomic mass is 79.9. The van der Waals surface area contributed by atoms with Crippen molar-refractivity contribution in [1.82, 2.24) is 9.88 Å². The summed E-state index contributed by atoms with van der Waals surface area (Å²) in [6, 6.07) is 6.16. The van der Waals surface area contributed by atoms with Gasteiger partial charge in [0.2, 0.25) is 0 Å². The van der Waals surface area contributed by atoms with E-state index in [1.54, 1.807) is 11.3 Å². The average Bonchev–Trinajstić information content (AvgIpc) is 2.64. The van der Waals surface area contributed by atoms with Crippen molar-refractivity contribution >= 4 is 37.5 Å². The lowest BCUT2D eigenvalue weighted by Crippen LogP contribution is -2.46. The number of alkyl halides is 1. The Morgan fingerprint density at radius 1 is 1.47 bits per heavy atom. The molecule has 0 N–H and O–H groups in total. The first-order valence-corrected chi connectivity index (χ1v) is 7.19. The number of hydrogen-bond donors (Lipinski definition) is 0. The molecule has 3 rings (SSSR count). The molecule has 0 bridgehead atoms. The van der Waals surface area contributed by atoms with Gasteiger partial charge < -0.3 is 0 Å². The summed E-state index contributed by atoms with van der Waals surface area (Å²) in [7, 11) is 0. The van der Waals surface area contributed by atoms with Gasteiger partial charge in [-0.3, -0.25) is 9.29 Å². The van der Waals surface area contributed by atoms with Gasteiger partial charge in [0.25, 0.3) is 0 Å². The van der Waals surface area contributed by atoms with Crippen molar-refractivity contribution in [2.24, 2.45) is 5.92 Å². The van der Waals surface area contributed by atoms with Crippen molar-refractivity contribution in [2.45, 2.75) is 6.54 Å². The zero-order valence-corrected chi connectivity index (χ0v) is 11.6. The van der Waals surface area contributed by atoms with Crippen molar-refractivity contribution in [3.05, 3.63) is 27.7 Å². The van der Waals surface area contributed by atoms with E-state index in [-0.39, 0.29) is 12.6 Å². The van der Waals surface area contributed by atoms with Crippen LogP contribution in [-0.2, 0) is 6.54 Å². The zero-order chi connectivity index (χ0) is 11.8. The molecular formula is C12H12BrFN2S. The smallest absolute Gasteiger partial charge is 0.108 e. The summed E-state index contributed by atoms with van der Waals surface area (Å²) in [6.45, 7) is 2.41. The van der Waals surface area contributed by atoms with Crippen LogP contribution in [0.25, 0.3) is 10.2 Å². The Morgan fingerprint density at radius 2 is 2.29 bits per heavy atom. The predicted molar refractivity (Wildman–Crippen MR) is 72.1 cm³/mol. The Balaban J connectivity index is 1.73. The van der Waals surface area contributed by atoms with Crippen LogP contribution in [0.15, 0.2) is 22.7 Å². The number of halogens is 2. The number of aromatic nitrogens is 1. The van der Waals surface area contributed by atoms with Crippen LogP contribution in [0, 0.1) is 5.92 Å². The molecule has 1 aliphatic rings. The lowest BCUT2D eigenvalue weighted by atomic mass is 10.0. The Morgan fingerprint density at radius 3 is 3.06 bits per heavy atom. The minimum Gasteiger partial charge on any atom is -0.296 e. The molecule has 1 aliphatic heterocycles. The molecule has 0 amide bonds. The average molecular weight is 315 g/mol. The van der Waals surface area contributed by atoms with E-state index < -0.39 is 0 Å². The van der Waals surface area contributed by atoms with Crippen LogP contribution in [0.4, 0.5) is 4.39 Å². The van der Waals surface area contributed by atoms with Crippen molar-refractivity contribution in [3.63, 3.8) is 0 Å². The minimum absolute atomic E-state index is 0.191. The largest absolute Gasteiger partial charge is 0.296 e. The molecule has 0 aliphatic carbocycles. The van der Waals surface area contributed by atoms with E-state index in [2.05, 4.69) is 31.9 Å². The molecule has 0 saturated carbocycles. The highest BCUT2D eigenvalue weighted by Gasteiger charge is 2.26. The van der Waals surface area contributed by atoms with E-state index in [0.29, 0.717) is 0 Å². The fourth-order valence-electron chi connectivity index (χ4n) is 2.11. The molecule has 90 valence electrons. The van der Waals surface area contributed by atoms with E-state index in [0.717, 1.165) is 34.6 Å². The van der Waals surface area contributed by atoms with E-state index in [1.165, 1.54) is 4.70 Å². The van der Waals surface area contributed by atoms with E-state index in [1.807, 2.05) is 12.1 Å². The lowest BCUT2D eigenvalue weighted by Gasteiger charge is -2.36. The third-order valence-corrected chi connectivity index (χ3v) is 4.52. The number of thiazole rings is 1. The number of nitrogens with zero attached hydrogens (tertiary/aromatic N) is 2. The second-order valence-electron chi connectivity index (χ2n) is 4.43. The van der Waals surface area contributed by atoms with Gasteiger partial charge in [0, 0.05) is 23.5 Å². The zero-order valence-electron chi connectivity index (χ0n) is 9.20. The maximum absolute atomic E-state index is 12.3. The molecule has 5 heteroatoms. The molecule has 17 heavy (non-hydrogen) atoms. The summed E-state index contributed by atoms with van der Waals surface area (Å²) in [5, 5.41) is 1.12. The number of likely N-dealkylation sites (tertiary alicyclic amines) is 1. The highest BCUT2D eigenvalue weighted by Crippen LogP contribution is 2.27. The molecule has 1 aromatic carbocycles. The second kappa shape index (κ2) is 4.63. The maximum atomic E-state index is 12.3. The van der Waals surface area contributed by atoms with Crippen LogP contribution in [-0.4, -0.2) is 29.6 Å². The van der Waals surface area contributed by atoms with Crippen LogP contribution in [0.1, 0.15) is 5.01 Å². The lowest BCUT2D eigenvalue weighted by molar-refractivity contribution is 0.0738. The van der Waals surface area contributed by atoms with Gasteiger partial charge in [-0.1, -0.05) is 15.9 Å². The topological polar surface area (TPSA) is 16.1 Å². The second-order valence-corrected chi connectivity index (χ2v) is 6.46. The Hall–Kier alpha value is -0.520. The van der Waals surface area contributed by atoms with Gasteiger partial charge in [-0.25, -0.2) is 4.98 Å². The predicted octanol–water partition coefficient (Wildman–Crippen LogP) is 3.46. The van der Waals surface area contributed by atoms with Gasteiger partial charge in [-0.15, -0.1) is 11.3 Å². The molecule has 2 heterocycles. The molecule has 1 aromatic heterocycles.